The second kappa shape index (κ2) is 8.17. The molecule has 8 heteroatoms. The summed E-state index contributed by atoms with van der Waals surface area (Å²) in [7, 11) is 3.94. The first kappa shape index (κ1) is 19.8. The molecular formula is C23H29N7O. The molecule has 0 radical (unpaired) electrons. The van der Waals surface area contributed by atoms with Crippen LogP contribution in [0.15, 0.2) is 30.3 Å². The molecule has 0 spiro atoms. The maximum Gasteiger partial charge on any atom is 0.227 e. The standard InChI is InChI=1S/C23H29N7O/c1-28(2)19-9-5-8-17(24-19)21-25-18-10-11-20(26-22(18)27-21)30-14-6-7-16(15-30)23(31)29-12-3-4-13-29/h5,8-11,16H,3-4,6-7,12-15H2,1-2H3,(H,25,26,27)/t16-/m1/s1. The molecule has 3 aromatic rings. The summed E-state index contributed by atoms with van der Waals surface area (Å²) in [4.78, 5) is 36.7. The number of nitrogens with zero attached hydrogens (tertiary/aromatic N) is 6. The Hall–Kier alpha value is -3.16. The fourth-order valence-electron chi connectivity index (χ4n) is 4.57. The molecule has 0 aromatic carbocycles. The summed E-state index contributed by atoms with van der Waals surface area (Å²) in [5.41, 5.74) is 2.36. The van der Waals surface area contributed by atoms with Gasteiger partial charge in [0.15, 0.2) is 11.5 Å². The van der Waals surface area contributed by atoms with Crippen molar-refractivity contribution < 1.29 is 4.79 Å². The van der Waals surface area contributed by atoms with Crippen molar-refractivity contribution >= 4 is 28.7 Å². The molecule has 1 amide bonds. The largest absolute Gasteiger partial charge is 0.363 e. The third kappa shape index (κ3) is 3.94. The van der Waals surface area contributed by atoms with Gasteiger partial charge < -0.3 is 19.7 Å². The van der Waals surface area contributed by atoms with Crippen LogP contribution in [-0.2, 0) is 4.79 Å². The van der Waals surface area contributed by atoms with Gasteiger partial charge in [-0.15, -0.1) is 0 Å². The molecule has 3 aromatic heterocycles. The fraction of sp³-hybridized carbons (Fsp3) is 0.478. The number of pyridine rings is 2. The smallest absolute Gasteiger partial charge is 0.227 e. The molecular weight excluding hydrogens is 390 g/mol. The van der Waals surface area contributed by atoms with Gasteiger partial charge in [-0.3, -0.25) is 4.79 Å². The zero-order valence-corrected chi connectivity index (χ0v) is 18.2. The second-order valence-electron chi connectivity index (χ2n) is 8.72. The molecule has 0 bridgehead atoms. The summed E-state index contributed by atoms with van der Waals surface area (Å²) in [6.45, 7) is 3.49. The Morgan fingerprint density at radius 2 is 1.87 bits per heavy atom. The molecule has 162 valence electrons. The number of carbonyl (C=O) groups excluding carboxylic acids is 1. The first-order valence-electron chi connectivity index (χ1n) is 11.1. The maximum absolute atomic E-state index is 12.9. The summed E-state index contributed by atoms with van der Waals surface area (Å²) >= 11 is 0. The third-order valence-corrected chi connectivity index (χ3v) is 6.28. The zero-order chi connectivity index (χ0) is 21.4. The van der Waals surface area contributed by atoms with Crippen molar-refractivity contribution in [3.8, 4) is 11.5 Å². The highest BCUT2D eigenvalue weighted by molar-refractivity contribution is 5.80. The molecule has 2 saturated heterocycles. The highest BCUT2D eigenvalue weighted by Gasteiger charge is 2.31. The van der Waals surface area contributed by atoms with E-state index in [9.17, 15) is 4.79 Å². The van der Waals surface area contributed by atoms with Crippen LogP contribution in [0, 0.1) is 5.92 Å². The molecule has 5 rings (SSSR count). The van der Waals surface area contributed by atoms with Crippen LogP contribution in [0.3, 0.4) is 0 Å². The number of amides is 1. The van der Waals surface area contributed by atoms with E-state index in [0.29, 0.717) is 17.4 Å². The number of rotatable bonds is 4. The molecule has 1 atom stereocenters. The number of aromatic nitrogens is 4. The van der Waals surface area contributed by atoms with E-state index in [1.54, 1.807) is 0 Å². The van der Waals surface area contributed by atoms with Gasteiger partial charge in [-0.1, -0.05) is 6.07 Å². The number of H-pyrrole nitrogens is 1. The lowest BCUT2D eigenvalue weighted by atomic mass is 9.96. The molecule has 2 aliphatic rings. The van der Waals surface area contributed by atoms with Gasteiger partial charge in [-0.2, -0.15) is 0 Å². The number of aromatic amines is 1. The summed E-state index contributed by atoms with van der Waals surface area (Å²) in [5, 5.41) is 0. The van der Waals surface area contributed by atoms with Gasteiger partial charge in [-0.05, 0) is 49.9 Å². The SMILES string of the molecule is CN(C)c1cccc(-c2nc3nc(N4CCC[C@@H](C(=O)N5CCCC5)C4)ccc3[nH]2)n1. The average Bonchev–Trinajstić information content (AvgIpc) is 3.48. The number of piperidine rings is 1. The van der Waals surface area contributed by atoms with E-state index in [-0.39, 0.29) is 5.92 Å². The lowest BCUT2D eigenvalue weighted by Gasteiger charge is -2.34. The van der Waals surface area contributed by atoms with Crippen LogP contribution in [0.2, 0.25) is 0 Å². The van der Waals surface area contributed by atoms with Crippen LogP contribution in [0.1, 0.15) is 25.7 Å². The first-order chi connectivity index (χ1) is 15.1. The molecule has 1 N–H and O–H groups in total. The number of imidazole rings is 1. The van der Waals surface area contributed by atoms with Gasteiger partial charge in [0, 0.05) is 40.3 Å². The lowest BCUT2D eigenvalue weighted by Crippen LogP contribution is -2.44. The first-order valence-corrected chi connectivity index (χ1v) is 11.1. The van der Waals surface area contributed by atoms with Crippen molar-refractivity contribution in [2.75, 3.05) is 50.1 Å². The lowest BCUT2D eigenvalue weighted by molar-refractivity contribution is -0.134. The Labute approximate surface area is 182 Å². The molecule has 0 saturated carbocycles. The van der Waals surface area contributed by atoms with Crippen LogP contribution in [0.4, 0.5) is 11.6 Å². The maximum atomic E-state index is 12.9. The van der Waals surface area contributed by atoms with Gasteiger partial charge in [0.25, 0.3) is 0 Å². The van der Waals surface area contributed by atoms with Crippen molar-refractivity contribution in [3.05, 3.63) is 30.3 Å². The summed E-state index contributed by atoms with van der Waals surface area (Å²) in [6.07, 6.45) is 4.24. The number of fused-ring (bicyclic) bond motifs is 1. The van der Waals surface area contributed by atoms with E-state index in [2.05, 4.69) is 14.9 Å². The van der Waals surface area contributed by atoms with E-state index in [4.69, 9.17) is 9.97 Å². The minimum atomic E-state index is 0.0667. The number of carbonyl (C=O) groups is 1. The monoisotopic (exact) mass is 419 g/mol. The van der Waals surface area contributed by atoms with E-state index in [1.165, 1.54) is 0 Å². The van der Waals surface area contributed by atoms with Gasteiger partial charge in [0.05, 0.1) is 11.4 Å². The Morgan fingerprint density at radius 3 is 2.68 bits per heavy atom. The minimum absolute atomic E-state index is 0.0667. The van der Waals surface area contributed by atoms with Gasteiger partial charge in [-0.25, -0.2) is 15.0 Å². The number of hydrogen-bond acceptors (Lipinski definition) is 6. The fourth-order valence-corrected chi connectivity index (χ4v) is 4.57. The van der Waals surface area contributed by atoms with E-state index >= 15 is 0 Å². The summed E-state index contributed by atoms with van der Waals surface area (Å²) < 4.78 is 0. The molecule has 2 fully saturated rings. The predicted octanol–water partition coefficient (Wildman–Crippen LogP) is 2.92. The third-order valence-electron chi connectivity index (χ3n) is 6.28. The van der Waals surface area contributed by atoms with Gasteiger partial charge in [0.1, 0.15) is 17.3 Å². The summed E-state index contributed by atoms with van der Waals surface area (Å²) in [5.74, 6) is 2.87. The highest BCUT2D eigenvalue weighted by atomic mass is 16.2. The molecule has 0 unspecified atom stereocenters. The van der Waals surface area contributed by atoms with Crippen LogP contribution >= 0.6 is 0 Å². The van der Waals surface area contributed by atoms with Crippen molar-refractivity contribution in [1.29, 1.82) is 0 Å². The molecule has 2 aliphatic heterocycles. The highest BCUT2D eigenvalue weighted by Crippen LogP contribution is 2.27. The van der Waals surface area contributed by atoms with Crippen LogP contribution < -0.4 is 9.80 Å². The quantitative estimate of drug-likeness (QED) is 0.700. The van der Waals surface area contributed by atoms with Crippen molar-refractivity contribution in [2.45, 2.75) is 25.7 Å². The molecule has 8 nitrogen and oxygen atoms in total. The number of likely N-dealkylation sites (tertiary alicyclic amines) is 1. The Bertz CT molecular complexity index is 1090. The Kier molecular flexibility index (Phi) is 5.21. The number of anilines is 2. The van der Waals surface area contributed by atoms with Crippen molar-refractivity contribution in [3.63, 3.8) is 0 Å². The van der Waals surface area contributed by atoms with E-state index in [1.807, 2.05) is 54.2 Å². The average molecular weight is 420 g/mol. The van der Waals surface area contributed by atoms with Crippen LogP contribution in [0.25, 0.3) is 22.7 Å². The Balaban J connectivity index is 1.37. The van der Waals surface area contributed by atoms with Gasteiger partial charge >= 0.3 is 0 Å². The Morgan fingerprint density at radius 1 is 1.03 bits per heavy atom. The second-order valence-corrected chi connectivity index (χ2v) is 8.72. The topological polar surface area (TPSA) is 81.3 Å². The number of nitrogens with one attached hydrogen (secondary N) is 1. The van der Waals surface area contributed by atoms with E-state index < -0.39 is 0 Å². The minimum Gasteiger partial charge on any atom is -0.363 e. The van der Waals surface area contributed by atoms with Crippen LogP contribution in [-0.4, -0.2) is 71.0 Å². The number of hydrogen-bond donors (Lipinski definition) is 1. The molecule has 0 aliphatic carbocycles. The predicted molar refractivity (Wildman–Crippen MR) is 122 cm³/mol. The van der Waals surface area contributed by atoms with Crippen molar-refractivity contribution in [2.24, 2.45) is 5.92 Å². The van der Waals surface area contributed by atoms with Crippen LogP contribution in [0.5, 0.6) is 0 Å². The van der Waals surface area contributed by atoms with E-state index in [0.717, 1.165) is 74.7 Å². The van der Waals surface area contributed by atoms with Crippen molar-refractivity contribution in [1.82, 2.24) is 24.8 Å². The normalized spacial score (nSPS) is 19.2. The van der Waals surface area contributed by atoms with Gasteiger partial charge in [0.2, 0.25) is 5.91 Å². The zero-order valence-electron chi connectivity index (χ0n) is 18.2. The molecule has 31 heavy (non-hydrogen) atoms. The molecule has 5 heterocycles. The summed E-state index contributed by atoms with van der Waals surface area (Å²) in [6, 6.07) is 9.95.